The van der Waals surface area contributed by atoms with E-state index < -0.39 is 31.0 Å². The van der Waals surface area contributed by atoms with E-state index in [1.54, 1.807) is 23.6 Å². The average molecular weight is 350 g/mol. The number of carboxylic acid groups (broad SMARTS) is 1. The maximum Gasteiger partial charge on any atom is 0.479 e. The topological polar surface area (TPSA) is 128 Å². The van der Waals surface area contributed by atoms with Crippen molar-refractivity contribution in [1.29, 1.82) is 0 Å². The molecule has 1 aliphatic rings. The van der Waals surface area contributed by atoms with Gasteiger partial charge in [0.2, 0.25) is 0 Å². The second-order valence-electron chi connectivity index (χ2n) is 4.95. The van der Waals surface area contributed by atoms with Gasteiger partial charge in [-0.1, -0.05) is 30.0 Å². The van der Waals surface area contributed by atoms with Gasteiger partial charge in [0.1, 0.15) is 0 Å². The zero-order valence-corrected chi connectivity index (χ0v) is 13.3. The summed E-state index contributed by atoms with van der Waals surface area (Å²) in [5.41, 5.74) is -0.412. The lowest BCUT2D eigenvalue weighted by molar-refractivity contribution is -0.133. The molecule has 4 N–H and O–H groups in total. The summed E-state index contributed by atoms with van der Waals surface area (Å²) >= 11 is 1.22. The molecule has 1 amide bonds. The number of rotatable bonds is 5. The van der Waals surface area contributed by atoms with Crippen molar-refractivity contribution in [3.8, 4) is 0 Å². The minimum atomic E-state index is -1.45. The number of nitrogens with one attached hydrogen (secondary N) is 1. The molecular weight excluding hydrogens is 335 g/mol. The molecule has 0 saturated heterocycles. The molecular formula is C14H15BN2O6S. The Labute approximate surface area is 141 Å². The molecule has 0 radical (unpaired) electrons. The molecule has 0 unspecified atom stereocenters. The Balaban J connectivity index is 2.05. The maximum atomic E-state index is 12.2. The summed E-state index contributed by atoms with van der Waals surface area (Å²) in [4.78, 5) is 23.6. The Kier molecular flexibility index (Phi) is 5.90. The molecule has 2 rings (SSSR count). The number of carboxylic acids is 1. The number of thiophene rings is 1. The maximum absolute atomic E-state index is 12.2. The number of amides is 1. The van der Waals surface area contributed by atoms with Crippen LogP contribution in [0.25, 0.3) is 0 Å². The van der Waals surface area contributed by atoms with Gasteiger partial charge in [0.25, 0.3) is 5.91 Å². The van der Waals surface area contributed by atoms with Crippen LogP contribution in [0.3, 0.4) is 0 Å². The lowest BCUT2D eigenvalue weighted by Crippen LogP contribution is -2.50. The molecule has 0 fully saturated rings. The van der Waals surface area contributed by atoms with Crippen LogP contribution in [0.5, 0.6) is 0 Å². The summed E-state index contributed by atoms with van der Waals surface area (Å²) in [6, 6.07) is 3.32. The first-order chi connectivity index (χ1) is 11.4. The predicted octanol–water partition coefficient (Wildman–Crippen LogP) is 0.417. The van der Waals surface area contributed by atoms with Crippen molar-refractivity contribution >= 4 is 36.0 Å². The van der Waals surface area contributed by atoms with Crippen LogP contribution in [0.4, 0.5) is 0 Å². The second kappa shape index (κ2) is 7.91. The second-order valence-corrected chi connectivity index (χ2v) is 5.90. The Hall–Kier alpha value is -2.43. The molecule has 1 aliphatic heterocycles. The molecule has 2 atom stereocenters. The summed E-state index contributed by atoms with van der Waals surface area (Å²) in [6.07, 6.45) is 2.24. The van der Waals surface area contributed by atoms with Gasteiger partial charge in [-0.25, -0.2) is 4.79 Å². The summed E-state index contributed by atoms with van der Waals surface area (Å²) in [6.45, 7) is 3.39. The van der Waals surface area contributed by atoms with E-state index in [1.807, 2.05) is 0 Å². The predicted molar refractivity (Wildman–Crippen MR) is 88.0 cm³/mol. The third-order valence-electron chi connectivity index (χ3n) is 3.34. The molecule has 1 aromatic heterocycles. The first-order valence-corrected chi connectivity index (χ1v) is 7.81. The smallest absolute Gasteiger partial charge is 0.478 e. The average Bonchev–Trinajstić information content (AvgIpc) is 3.00. The van der Waals surface area contributed by atoms with E-state index >= 15 is 0 Å². The van der Waals surface area contributed by atoms with Gasteiger partial charge in [-0.15, -0.1) is 11.3 Å². The first-order valence-electron chi connectivity index (χ1n) is 6.93. The first kappa shape index (κ1) is 17.9. The van der Waals surface area contributed by atoms with Crippen LogP contribution in [0.15, 0.2) is 47.0 Å². The molecule has 1 aromatic rings. The van der Waals surface area contributed by atoms with Crippen LogP contribution < -0.4 is 5.32 Å². The lowest BCUT2D eigenvalue weighted by atomic mass is 9.77. The zero-order valence-electron chi connectivity index (χ0n) is 12.5. The number of hydrogen-bond acceptors (Lipinski definition) is 7. The van der Waals surface area contributed by atoms with E-state index in [4.69, 9.17) is 15.0 Å². The van der Waals surface area contributed by atoms with Gasteiger partial charge in [0.05, 0.1) is 22.5 Å². The normalized spacial score (nSPS) is 21.2. The number of carbonyl (C=O) groups excluding carboxylic acids is 1. The number of nitrogens with zero attached hydrogens (tertiary/aromatic N) is 1. The molecule has 0 aliphatic carbocycles. The molecule has 0 bridgehead atoms. The molecule has 10 heteroatoms. The van der Waals surface area contributed by atoms with E-state index in [0.717, 1.165) is 0 Å². The molecule has 2 heterocycles. The minimum Gasteiger partial charge on any atom is -0.478 e. The van der Waals surface area contributed by atoms with E-state index in [-0.39, 0.29) is 17.7 Å². The Morgan fingerprint density at radius 2 is 2.25 bits per heavy atom. The number of aliphatic carboxylic acids is 1. The highest BCUT2D eigenvalue weighted by Crippen LogP contribution is 2.16. The largest absolute Gasteiger partial charge is 0.479 e. The van der Waals surface area contributed by atoms with Crippen molar-refractivity contribution in [1.82, 2.24) is 5.32 Å². The Morgan fingerprint density at radius 1 is 1.50 bits per heavy atom. The van der Waals surface area contributed by atoms with Crippen LogP contribution in [0.1, 0.15) is 11.3 Å². The molecule has 24 heavy (non-hydrogen) atoms. The van der Waals surface area contributed by atoms with Gasteiger partial charge < -0.3 is 25.3 Å². The molecule has 8 nitrogen and oxygen atoms in total. The molecule has 0 aromatic carbocycles. The van der Waals surface area contributed by atoms with Gasteiger partial charge in [-0.2, -0.15) is 0 Å². The lowest BCUT2D eigenvalue weighted by Gasteiger charge is -2.20. The monoisotopic (exact) mass is 350 g/mol. The van der Waals surface area contributed by atoms with Crippen molar-refractivity contribution in [3.05, 3.63) is 46.7 Å². The van der Waals surface area contributed by atoms with E-state index in [2.05, 4.69) is 17.1 Å². The standard InChI is InChI=1S/C14H15BN2O6S/c1-8(14(19)20)9-4-2-6-11(15(21)23-9)16-13(18)12(17-22)10-5-3-7-24-10/h2-5,7,9,11,21-22H,1,6H2,(H,16,18)(H,19,20)/b17-12-/t9-,11+/m1/s1. The van der Waals surface area contributed by atoms with Crippen molar-refractivity contribution in [2.24, 2.45) is 5.16 Å². The van der Waals surface area contributed by atoms with Gasteiger partial charge in [-0.05, 0) is 17.9 Å². The third kappa shape index (κ3) is 4.10. The minimum absolute atomic E-state index is 0.183. The van der Waals surface area contributed by atoms with E-state index in [0.29, 0.717) is 4.88 Å². The molecule has 0 spiro atoms. The number of oxime groups is 1. The van der Waals surface area contributed by atoms with Gasteiger partial charge >= 0.3 is 13.1 Å². The summed E-state index contributed by atoms with van der Waals surface area (Å²) in [7, 11) is -1.45. The quantitative estimate of drug-likeness (QED) is 0.152. The Bertz CT molecular complexity index is 687. The highest BCUT2D eigenvalue weighted by atomic mass is 32.1. The molecule has 126 valence electrons. The van der Waals surface area contributed by atoms with E-state index in [1.165, 1.54) is 17.4 Å². The fourth-order valence-electron chi connectivity index (χ4n) is 2.06. The van der Waals surface area contributed by atoms with Crippen molar-refractivity contribution in [2.45, 2.75) is 18.5 Å². The highest BCUT2D eigenvalue weighted by Gasteiger charge is 2.34. The SMILES string of the molecule is C=C(C(=O)O)[C@H]1C=CC[C@H](NC(=O)/C(=N\O)c2cccs2)B(O)O1. The zero-order chi connectivity index (χ0) is 17.7. The van der Waals surface area contributed by atoms with Crippen LogP contribution in [-0.4, -0.2) is 52.1 Å². The van der Waals surface area contributed by atoms with Gasteiger partial charge in [0, 0.05) is 0 Å². The van der Waals surface area contributed by atoms with Crippen molar-refractivity contribution < 1.29 is 29.6 Å². The Morgan fingerprint density at radius 3 is 2.83 bits per heavy atom. The number of hydrogen-bond donors (Lipinski definition) is 4. The van der Waals surface area contributed by atoms with Crippen LogP contribution in [0.2, 0.25) is 0 Å². The fourth-order valence-corrected chi connectivity index (χ4v) is 2.77. The van der Waals surface area contributed by atoms with Crippen molar-refractivity contribution in [3.63, 3.8) is 0 Å². The highest BCUT2D eigenvalue weighted by molar-refractivity contribution is 7.13. The van der Waals surface area contributed by atoms with E-state index in [9.17, 15) is 14.6 Å². The van der Waals surface area contributed by atoms with Crippen LogP contribution in [0, 0.1) is 0 Å². The summed E-state index contributed by atoms with van der Waals surface area (Å²) < 4.78 is 5.23. The van der Waals surface area contributed by atoms with Gasteiger partial charge in [-0.3, -0.25) is 4.79 Å². The third-order valence-corrected chi connectivity index (χ3v) is 4.21. The number of carbonyl (C=O) groups is 2. The summed E-state index contributed by atoms with van der Waals surface area (Å²) in [5, 5.41) is 35.3. The summed E-state index contributed by atoms with van der Waals surface area (Å²) in [5.74, 6) is -2.76. The molecule has 0 saturated carbocycles. The van der Waals surface area contributed by atoms with Crippen molar-refractivity contribution in [2.75, 3.05) is 0 Å². The van der Waals surface area contributed by atoms with Crippen LogP contribution >= 0.6 is 11.3 Å². The van der Waals surface area contributed by atoms with Crippen LogP contribution in [-0.2, 0) is 14.2 Å². The fraction of sp³-hybridized carbons (Fsp3) is 0.214. The van der Waals surface area contributed by atoms with Gasteiger partial charge in [0.15, 0.2) is 5.71 Å².